The quantitative estimate of drug-likeness (QED) is 0.324. The number of carbonyl (C=O) groups is 3. The first-order valence-electron chi connectivity index (χ1n) is 13.9. The second kappa shape index (κ2) is 11.3. The van der Waals surface area contributed by atoms with Crippen LogP contribution in [0.25, 0.3) is 0 Å². The zero-order chi connectivity index (χ0) is 26.8. The molecule has 1 N–H and O–H groups in total. The van der Waals surface area contributed by atoms with Gasteiger partial charge in [0.25, 0.3) is 0 Å². The molecule has 4 aliphatic rings. The van der Waals surface area contributed by atoms with Gasteiger partial charge < -0.3 is 19.6 Å². The number of carbonyl (C=O) groups excluding carboxylic acids is 3. The molecule has 2 amide bonds. The van der Waals surface area contributed by atoms with E-state index in [0.29, 0.717) is 39.1 Å². The van der Waals surface area contributed by atoms with Crippen molar-refractivity contribution in [3.8, 4) is 0 Å². The third kappa shape index (κ3) is 4.81. The Bertz CT molecular complexity index is 1110. The van der Waals surface area contributed by atoms with Gasteiger partial charge in [0.1, 0.15) is 6.04 Å². The lowest BCUT2D eigenvalue weighted by Gasteiger charge is -2.37. The molecule has 7 nitrogen and oxygen atoms in total. The summed E-state index contributed by atoms with van der Waals surface area (Å²) in [5.74, 6) is -1.89. The molecule has 204 valence electrons. The summed E-state index contributed by atoms with van der Waals surface area (Å²) in [6.07, 6.45) is 13.0. The van der Waals surface area contributed by atoms with Gasteiger partial charge in [-0.2, -0.15) is 0 Å². The summed E-state index contributed by atoms with van der Waals surface area (Å²) in [4.78, 5) is 45.7. The van der Waals surface area contributed by atoms with E-state index >= 15 is 0 Å². The number of thioether (sulfide) groups is 1. The van der Waals surface area contributed by atoms with Crippen molar-refractivity contribution in [1.29, 1.82) is 0 Å². The Hall–Kier alpha value is -2.58. The molecule has 38 heavy (non-hydrogen) atoms. The smallest absolute Gasteiger partial charge is 0.311 e. The van der Waals surface area contributed by atoms with Crippen molar-refractivity contribution in [2.75, 3.05) is 26.3 Å². The lowest BCUT2D eigenvalue weighted by atomic mass is 9.74. The molecule has 5 atom stereocenters. The van der Waals surface area contributed by atoms with Crippen LogP contribution in [0.15, 0.2) is 54.6 Å². The highest BCUT2D eigenvalue weighted by molar-refractivity contribution is 8.02. The minimum Gasteiger partial charge on any atom is -0.465 e. The average molecular weight is 539 g/mol. The standard InChI is InChI=1S/C30H38N2O5S/c1-29-15-8-2-3-11-20-37-28(36)24(29)23-26(34)32(18-9-5-10-19-33)25-27(35)31(17-12-16-30(23,25)38-29)21-22-13-6-4-7-14-22/h4,6-8,12-16,23-25,33H,2-3,5,9-11,17-21H2,1H3/b15-8-/t23-,24-,25?,29+,30-/m0/s1. The van der Waals surface area contributed by atoms with E-state index in [9.17, 15) is 19.5 Å². The number of benzene rings is 1. The molecule has 1 aromatic carbocycles. The lowest BCUT2D eigenvalue weighted by Crippen LogP contribution is -2.53. The highest BCUT2D eigenvalue weighted by Gasteiger charge is 2.73. The van der Waals surface area contributed by atoms with Crippen molar-refractivity contribution in [3.63, 3.8) is 0 Å². The summed E-state index contributed by atoms with van der Waals surface area (Å²) < 4.78 is 4.22. The van der Waals surface area contributed by atoms with E-state index in [0.717, 1.165) is 31.2 Å². The molecule has 8 heteroatoms. The minimum atomic E-state index is -0.854. The molecular formula is C30H38N2O5S. The molecular weight excluding hydrogens is 500 g/mol. The van der Waals surface area contributed by atoms with Crippen LogP contribution in [0.1, 0.15) is 51.0 Å². The van der Waals surface area contributed by atoms with Gasteiger partial charge in [0, 0.05) is 31.0 Å². The van der Waals surface area contributed by atoms with Crippen molar-refractivity contribution in [2.45, 2.75) is 67.5 Å². The molecule has 0 radical (unpaired) electrons. The van der Waals surface area contributed by atoms with Crippen LogP contribution in [-0.4, -0.2) is 74.5 Å². The van der Waals surface area contributed by atoms with Gasteiger partial charge in [0.05, 0.1) is 23.2 Å². The average Bonchev–Trinajstić information content (AvgIpc) is 3.24. The molecule has 1 spiro atoms. The molecule has 2 saturated heterocycles. The molecule has 1 unspecified atom stereocenters. The summed E-state index contributed by atoms with van der Waals surface area (Å²) in [6.45, 7) is 3.82. The van der Waals surface area contributed by atoms with E-state index in [-0.39, 0.29) is 24.4 Å². The highest BCUT2D eigenvalue weighted by Crippen LogP contribution is 2.65. The predicted molar refractivity (Wildman–Crippen MR) is 147 cm³/mol. The zero-order valence-electron chi connectivity index (χ0n) is 22.1. The molecule has 1 aromatic rings. The van der Waals surface area contributed by atoms with Gasteiger partial charge in [-0.15, -0.1) is 11.8 Å². The SMILES string of the molecule is C[C@@]12/C=C\CCCCOC(=O)[C@@H]1[C@H]1C(=O)N(CCCCCO)C3C(=O)N(Cc4ccccc4)CC=C[C@@]31S2. The maximum absolute atomic E-state index is 14.4. The Kier molecular flexibility index (Phi) is 8.00. The van der Waals surface area contributed by atoms with Crippen molar-refractivity contribution in [3.05, 3.63) is 60.2 Å². The maximum atomic E-state index is 14.4. The van der Waals surface area contributed by atoms with E-state index in [1.54, 1.807) is 16.7 Å². The first kappa shape index (κ1) is 27.0. The topological polar surface area (TPSA) is 87.1 Å². The van der Waals surface area contributed by atoms with Crippen molar-refractivity contribution in [1.82, 2.24) is 9.80 Å². The lowest BCUT2D eigenvalue weighted by molar-refractivity contribution is -0.154. The molecule has 0 saturated carbocycles. The molecule has 4 aliphatic heterocycles. The van der Waals surface area contributed by atoms with Gasteiger partial charge in [-0.05, 0) is 51.0 Å². The summed E-state index contributed by atoms with van der Waals surface area (Å²) in [6, 6.07) is 9.20. The van der Waals surface area contributed by atoms with Gasteiger partial charge in [0.2, 0.25) is 11.8 Å². The third-order valence-electron chi connectivity index (χ3n) is 8.36. The number of hydrogen-bond acceptors (Lipinski definition) is 6. The van der Waals surface area contributed by atoms with E-state index in [1.165, 1.54) is 0 Å². The van der Waals surface area contributed by atoms with Crippen LogP contribution in [0.4, 0.5) is 0 Å². The van der Waals surface area contributed by atoms with E-state index in [4.69, 9.17) is 4.74 Å². The number of likely N-dealkylation sites (tertiary alicyclic amines) is 1. The Balaban J connectivity index is 1.55. The van der Waals surface area contributed by atoms with Crippen LogP contribution in [0, 0.1) is 11.8 Å². The minimum absolute atomic E-state index is 0.0750. The fourth-order valence-electron chi connectivity index (χ4n) is 6.60. The normalized spacial score (nSPS) is 33.8. The molecule has 0 aromatic heterocycles. The predicted octanol–water partition coefficient (Wildman–Crippen LogP) is 3.72. The third-order valence-corrected chi connectivity index (χ3v) is 10.2. The van der Waals surface area contributed by atoms with Gasteiger partial charge in [0.15, 0.2) is 0 Å². The van der Waals surface area contributed by atoms with Crippen molar-refractivity contribution in [2.24, 2.45) is 11.8 Å². The number of ether oxygens (including phenoxy) is 1. The van der Waals surface area contributed by atoms with Crippen LogP contribution in [-0.2, 0) is 25.7 Å². The van der Waals surface area contributed by atoms with Crippen LogP contribution in [0.3, 0.4) is 0 Å². The largest absolute Gasteiger partial charge is 0.465 e. The number of esters is 1. The second-order valence-electron chi connectivity index (χ2n) is 11.0. The fourth-order valence-corrected chi connectivity index (χ4v) is 8.75. The number of aliphatic hydroxyl groups is 1. The number of unbranched alkanes of at least 4 members (excludes halogenated alkanes) is 2. The van der Waals surface area contributed by atoms with Gasteiger partial charge >= 0.3 is 5.97 Å². The Morgan fingerprint density at radius 3 is 2.61 bits per heavy atom. The Morgan fingerprint density at radius 2 is 1.82 bits per heavy atom. The fraction of sp³-hybridized carbons (Fsp3) is 0.567. The summed E-state index contributed by atoms with van der Waals surface area (Å²) in [5, 5.41) is 9.25. The molecule has 0 bridgehead atoms. The van der Waals surface area contributed by atoms with Gasteiger partial charge in [-0.3, -0.25) is 14.4 Å². The number of amides is 2. The van der Waals surface area contributed by atoms with Crippen LogP contribution >= 0.6 is 11.8 Å². The molecule has 5 rings (SSSR count). The van der Waals surface area contributed by atoms with Crippen LogP contribution in [0.2, 0.25) is 0 Å². The number of nitrogens with zero attached hydrogens (tertiary/aromatic N) is 2. The first-order chi connectivity index (χ1) is 18.4. The maximum Gasteiger partial charge on any atom is 0.311 e. The summed E-state index contributed by atoms with van der Waals surface area (Å²) in [7, 11) is 0. The number of fused-ring (bicyclic) bond motifs is 2. The molecule has 0 aliphatic carbocycles. The number of rotatable bonds is 7. The second-order valence-corrected chi connectivity index (χ2v) is 12.8. The van der Waals surface area contributed by atoms with Crippen LogP contribution in [0.5, 0.6) is 0 Å². The first-order valence-corrected chi connectivity index (χ1v) is 14.7. The molecule has 2 fully saturated rings. The van der Waals surface area contributed by atoms with E-state index in [2.05, 4.69) is 18.2 Å². The van der Waals surface area contributed by atoms with Gasteiger partial charge in [-0.1, -0.05) is 54.6 Å². The van der Waals surface area contributed by atoms with Crippen LogP contribution < -0.4 is 0 Å². The van der Waals surface area contributed by atoms with E-state index < -0.39 is 27.4 Å². The van der Waals surface area contributed by atoms with E-state index in [1.807, 2.05) is 48.2 Å². The summed E-state index contributed by atoms with van der Waals surface area (Å²) in [5.41, 5.74) is 1.03. The van der Waals surface area contributed by atoms with Crippen molar-refractivity contribution < 1.29 is 24.2 Å². The number of cyclic esters (lactones) is 1. The Labute approximate surface area is 229 Å². The monoisotopic (exact) mass is 538 g/mol. The molecule has 4 heterocycles. The van der Waals surface area contributed by atoms with Crippen molar-refractivity contribution >= 4 is 29.5 Å². The number of hydrogen-bond donors (Lipinski definition) is 1. The number of aliphatic hydroxyl groups excluding tert-OH is 1. The highest BCUT2D eigenvalue weighted by atomic mass is 32.2. The zero-order valence-corrected chi connectivity index (χ0v) is 22.9. The summed E-state index contributed by atoms with van der Waals surface area (Å²) >= 11 is 1.59. The van der Waals surface area contributed by atoms with Gasteiger partial charge in [-0.25, -0.2) is 0 Å². The Morgan fingerprint density at radius 1 is 1.00 bits per heavy atom. The number of allylic oxidation sites excluding steroid dienone is 1.